The van der Waals surface area contributed by atoms with Gasteiger partial charge in [0.15, 0.2) is 0 Å². The van der Waals surface area contributed by atoms with Gasteiger partial charge in [-0.05, 0) is 72.9 Å². The molecule has 1 N–H and O–H groups in total. The summed E-state index contributed by atoms with van der Waals surface area (Å²) < 4.78 is 52.0. The molecule has 9 heteroatoms. The molecule has 0 aliphatic carbocycles. The zero-order valence-corrected chi connectivity index (χ0v) is 19.4. The van der Waals surface area contributed by atoms with Gasteiger partial charge in [0.25, 0.3) is 0 Å². The number of anilines is 1. The number of alkyl halides is 3. The Morgan fingerprint density at radius 2 is 1.97 bits per heavy atom. The van der Waals surface area contributed by atoms with Crippen molar-refractivity contribution in [3.8, 4) is 17.2 Å². The van der Waals surface area contributed by atoms with E-state index in [1.807, 2.05) is 18.2 Å². The fourth-order valence-electron chi connectivity index (χ4n) is 5.05. The van der Waals surface area contributed by atoms with Crippen molar-refractivity contribution in [2.45, 2.75) is 38.8 Å². The molecule has 2 aromatic carbocycles. The van der Waals surface area contributed by atoms with Gasteiger partial charge in [0.1, 0.15) is 23.1 Å². The number of aryl methyl sites for hydroxylation is 1. The normalized spacial score (nSPS) is 18.4. The smallest absolute Gasteiger partial charge is 0.416 e. The molecule has 3 aromatic rings. The Kier molecular flexibility index (Phi) is 5.24. The van der Waals surface area contributed by atoms with Crippen LogP contribution in [0.1, 0.15) is 34.2 Å². The molecular formula is C27H22F3N3O3. The highest BCUT2D eigenvalue weighted by Crippen LogP contribution is 2.41. The van der Waals surface area contributed by atoms with Crippen molar-refractivity contribution < 1.29 is 27.4 Å². The molecule has 1 amide bonds. The van der Waals surface area contributed by atoms with E-state index in [0.717, 1.165) is 28.7 Å². The van der Waals surface area contributed by atoms with E-state index in [2.05, 4.69) is 10.3 Å². The van der Waals surface area contributed by atoms with Crippen LogP contribution in [0.15, 0.2) is 47.6 Å². The number of amides is 1. The summed E-state index contributed by atoms with van der Waals surface area (Å²) in [5, 5.41) is 2.77. The summed E-state index contributed by atoms with van der Waals surface area (Å²) in [6.07, 6.45) is -0.825. The Labute approximate surface area is 205 Å². The molecule has 0 bridgehead atoms. The minimum atomic E-state index is -4.38. The van der Waals surface area contributed by atoms with E-state index in [-0.39, 0.29) is 11.8 Å². The molecule has 1 atom stereocenters. The summed E-state index contributed by atoms with van der Waals surface area (Å²) in [6.45, 7) is 2.09. The summed E-state index contributed by atoms with van der Waals surface area (Å²) in [5.74, 6) is 2.44. The van der Waals surface area contributed by atoms with E-state index in [0.29, 0.717) is 66.4 Å². The largest absolute Gasteiger partial charge is 0.493 e. The van der Waals surface area contributed by atoms with Crippen LogP contribution >= 0.6 is 0 Å². The van der Waals surface area contributed by atoms with E-state index < -0.39 is 11.7 Å². The molecule has 1 unspecified atom stereocenters. The highest BCUT2D eigenvalue weighted by molar-refractivity contribution is 5.97. The van der Waals surface area contributed by atoms with Crippen LogP contribution in [-0.2, 0) is 30.2 Å². The van der Waals surface area contributed by atoms with Crippen LogP contribution in [0.3, 0.4) is 0 Å². The van der Waals surface area contributed by atoms with E-state index in [4.69, 9.17) is 14.5 Å². The van der Waals surface area contributed by atoms with E-state index in [1.54, 1.807) is 19.2 Å². The number of carbonyl (C=O) groups excluding carboxylic acids is 1. The second-order valence-electron chi connectivity index (χ2n) is 9.35. The van der Waals surface area contributed by atoms with Crippen LogP contribution in [0, 0.1) is 12.8 Å². The van der Waals surface area contributed by atoms with Gasteiger partial charge in [0, 0.05) is 36.2 Å². The Morgan fingerprint density at radius 3 is 2.81 bits per heavy atom. The Bertz CT molecular complexity index is 1430. The summed E-state index contributed by atoms with van der Waals surface area (Å²) in [4.78, 5) is 20.6. The number of benzene rings is 2. The van der Waals surface area contributed by atoms with Crippen LogP contribution < -0.4 is 14.8 Å². The number of rotatable bonds is 3. The molecule has 184 valence electrons. The molecule has 0 fully saturated rings. The second-order valence-corrected chi connectivity index (χ2v) is 9.35. The van der Waals surface area contributed by atoms with Gasteiger partial charge >= 0.3 is 6.18 Å². The number of hydrogen-bond donors (Lipinski definition) is 1. The van der Waals surface area contributed by atoms with E-state index in [9.17, 15) is 18.0 Å². The molecule has 6 nitrogen and oxygen atoms in total. The summed E-state index contributed by atoms with van der Waals surface area (Å²) in [7, 11) is 0. The van der Waals surface area contributed by atoms with Crippen molar-refractivity contribution in [1.29, 1.82) is 0 Å². The molecule has 0 radical (unpaired) electrons. The fraction of sp³-hybridized carbons (Fsp3) is 0.296. The molecule has 0 saturated carbocycles. The number of aliphatic imine (C=N–C) groups is 1. The third-order valence-electron chi connectivity index (χ3n) is 6.84. The molecule has 3 aliphatic heterocycles. The Hall–Kier alpha value is -3.88. The topological polar surface area (TPSA) is 72.8 Å². The SMILES string of the molecule is Cc1cc(C(F)(F)F)cc2c1N=C(C1COc3ccc(Oc4ccnc5c4CCC(=O)N5)cc3C1)C2. The van der Waals surface area contributed by atoms with Gasteiger partial charge in [0.2, 0.25) is 5.91 Å². The Balaban J connectivity index is 1.22. The first kappa shape index (κ1) is 22.6. The molecule has 6 rings (SSSR count). The van der Waals surface area contributed by atoms with Crippen molar-refractivity contribution in [3.63, 3.8) is 0 Å². The maximum atomic E-state index is 13.3. The van der Waals surface area contributed by atoms with Crippen LogP contribution in [0.5, 0.6) is 17.2 Å². The number of nitrogens with one attached hydrogen (secondary N) is 1. The standard InChI is InChI=1S/C27H22F3N3O3/c1-14-8-18(27(28,29)30)10-16-12-21(32-25(14)16)17-9-15-11-19(2-4-22(15)35-13-17)36-23-6-7-31-26-20(23)3-5-24(34)33-26/h2,4,6-8,10-11,17H,3,5,9,12-13H2,1H3,(H,31,33,34). The number of fused-ring (bicyclic) bond motifs is 3. The summed E-state index contributed by atoms with van der Waals surface area (Å²) in [6, 6.07) is 9.76. The van der Waals surface area contributed by atoms with Crippen molar-refractivity contribution in [1.82, 2.24) is 4.98 Å². The van der Waals surface area contributed by atoms with Gasteiger partial charge in [0.05, 0.1) is 17.9 Å². The Morgan fingerprint density at radius 1 is 1.11 bits per heavy atom. The van der Waals surface area contributed by atoms with Gasteiger partial charge < -0.3 is 14.8 Å². The molecular weight excluding hydrogens is 471 g/mol. The average Bonchev–Trinajstić information content (AvgIpc) is 3.28. The third-order valence-corrected chi connectivity index (χ3v) is 6.84. The number of halogens is 3. The van der Waals surface area contributed by atoms with Gasteiger partial charge in [-0.1, -0.05) is 0 Å². The lowest BCUT2D eigenvalue weighted by Gasteiger charge is -2.26. The fourth-order valence-corrected chi connectivity index (χ4v) is 5.05. The van der Waals surface area contributed by atoms with Crippen LogP contribution in [0.2, 0.25) is 0 Å². The maximum absolute atomic E-state index is 13.3. The predicted octanol–water partition coefficient (Wildman–Crippen LogP) is 5.97. The van der Waals surface area contributed by atoms with Gasteiger partial charge in [-0.2, -0.15) is 13.2 Å². The number of pyridine rings is 1. The first-order valence-electron chi connectivity index (χ1n) is 11.7. The number of ether oxygens (including phenoxy) is 2. The van der Waals surface area contributed by atoms with Gasteiger partial charge in [-0.3, -0.25) is 9.79 Å². The molecule has 36 heavy (non-hydrogen) atoms. The third kappa shape index (κ3) is 4.08. The first-order valence-corrected chi connectivity index (χ1v) is 11.7. The lowest BCUT2D eigenvalue weighted by molar-refractivity contribution is -0.137. The highest BCUT2D eigenvalue weighted by atomic mass is 19.4. The summed E-state index contributed by atoms with van der Waals surface area (Å²) in [5.41, 5.74) is 3.77. The van der Waals surface area contributed by atoms with Crippen molar-refractivity contribution in [2.75, 3.05) is 11.9 Å². The molecule has 0 spiro atoms. The predicted molar refractivity (Wildman–Crippen MR) is 127 cm³/mol. The quantitative estimate of drug-likeness (QED) is 0.488. The van der Waals surface area contributed by atoms with Crippen LogP contribution in [0.4, 0.5) is 24.7 Å². The monoisotopic (exact) mass is 493 g/mol. The highest BCUT2D eigenvalue weighted by Gasteiger charge is 2.34. The lowest BCUT2D eigenvalue weighted by atomic mass is 9.90. The van der Waals surface area contributed by atoms with E-state index >= 15 is 0 Å². The number of hydrogen-bond acceptors (Lipinski definition) is 5. The lowest BCUT2D eigenvalue weighted by Crippen LogP contribution is -2.28. The second kappa shape index (κ2) is 8.36. The van der Waals surface area contributed by atoms with Crippen molar-refractivity contribution >= 4 is 23.1 Å². The van der Waals surface area contributed by atoms with Crippen LogP contribution in [-0.4, -0.2) is 23.2 Å². The van der Waals surface area contributed by atoms with Gasteiger partial charge in [-0.15, -0.1) is 0 Å². The zero-order chi connectivity index (χ0) is 25.0. The minimum Gasteiger partial charge on any atom is -0.493 e. The summed E-state index contributed by atoms with van der Waals surface area (Å²) >= 11 is 0. The van der Waals surface area contributed by atoms with Crippen molar-refractivity contribution in [2.24, 2.45) is 10.9 Å². The van der Waals surface area contributed by atoms with Crippen LogP contribution in [0.25, 0.3) is 0 Å². The maximum Gasteiger partial charge on any atom is 0.416 e. The van der Waals surface area contributed by atoms with Gasteiger partial charge in [-0.25, -0.2) is 4.98 Å². The van der Waals surface area contributed by atoms with E-state index in [1.165, 1.54) is 6.07 Å². The molecule has 0 saturated heterocycles. The number of nitrogens with zero attached hydrogens (tertiary/aromatic N) is 2. The first-order chi connectivity index (χ1) is 17.2. The minimum absolute atomic E-state index is 0.0437. The molecule has 4 heterocycles. The zero-order valence-electron chi connectivity index (χ0n) is 19.4. The average molecular weight is 493 g/mol. The number of carbonyl (C=O) groups is 1. The number of aromatic nitrogens is 1. The molecule has 1 aromatic heterocycles. The van der Waals surface area contributed by atoms with Crippen molar-refractivity contribution in [3.05, 3.63) is 70.4 Å². The molecule has 3 aliphatic rings.